The molecule has 0 radical (unpaired) electrons. The quantitative estimate of drug-likeness (QED) is 0.470. The molecule has 0 saturated carbocycles. The highest BCUT2D eigenvalue weighted by Gasteiger charge is 2.13. The molecule has 0 fully saturated rings. The summed E-state index contributed by atoms with van der Waals surface area (Å²) in [6.07, 6.45) is 1.58. The molecule has 3 aromatic rings. The summed E-state index contributed by atoms with van der Waals surface area (Å²) in [4.78, 5) is 21.9. The smallest absolute Gasteiger partial charge is 0.253 e. The van der Waals surface area contributed by atoms with E-state index in [4.69, 9.17) is 16.5 Å². The zero-order valence-corrected chi connectivity index (χ0v) is 14.3. The third-order valence-corrected chi connectivity index (χ3v) is 4.28. The molecule has 3 rings (SSSR count). The van der Waals surface area contributed by atoms with Crippen LogP contribution < -0.4 is 16.8 Å². The molecule has 0 saturated heterocycles. The van der Waals surface area contributed by atoms with Crippen LogP contribution in [0.4, 0.5) is 0 Å². The van der Waals surface area contributed by atoms with Crippen molar-refractivity contribution >= 4 is 28.0 Å². The Balaban J connectivity index is 1.85. The number of benzene rings is 2. The van der Waals surface area contributed by atoms with Gasteiger partial charge in [0.05, 0.1) is 22.1 Å². The van der Waals surface area contributed by atoms with E-state index in [1.165, 1.54) is 0 Å². The lowest BCUT2D eigenvalue weighted by Gasteiger charge is -2.10. The van der Waals surface area contributed by atoms with Crippen LogP contribution in [0.5, 0.6) is 0 Å². The molecule has 1 aromatic heterocycles. The molecule has 5 N–H and O–H groups in total. The van der Waals surface area contributed by atoms with Crippen LogP contribution in [-0.2, 0) is 0 Å². The molecule has 1 heterocycles. The number of carbonyl (C=O) groups excluding carboxylic acids is 1. The highest BCUT2D eigenvalue weighted by atomic mass is 16.1. The second kappa shape index (κ2) is 7.55. The Morgan fingerprint density at radius 3 is 2.60 bits per heavy atom. The van der Waals surface area contributed by atoms with E-state index in [0.717, 1.165) is 35.0 Å². The molecule has 0 aliphatic carbocycles. The summed E-state index contributed by atoms with van der Waals surface area (Å²) in [7, 11) is 0. The largest absolute Gasteiger partial charge is 0.352 e. The number of fused-ring (bicyclic) bond motifs is 2. The van der Waals surface area contributed by atoms with Crippen molar-refractivity contribution in [1.82, 2.24) is 15.3 Å². The molecule has 0 spiro atoms. The lowest BCUT2D eigenvalue weighted by atomic mass is 10.1. The van der Waals surface area contributed by atoms with Crippen molar-refractivity contribution in [3.05, 3.63) is 47.5 Å². The van der Waals surface area contributed by atoms with E-state index < -0.39 is 0 Å². The number of hydrogen-bond donors (Lipinski definition) is 3. The maximum atomic E-state index is 12.6. The number of nitrogens with one attached hydrogen (secondary N) is 1. The van der Waals surface area contributed by atoms with E-state index >= 15 is 0 Å². The molecule has 2 aromatic carbocycles. The number of carbonyl (C=O) groups is 1. The highest BCUT2D eigenvalue weighted by Crippen LogP contribution is 2.21. The van der Waals surface area contributed by atoms with E-state index in [1.54, 1.807) is 6.07 Å². The van der Waals surface area contributed by atoms with Crippen LogP contribution in [0.1, 0.15) is 28.8 Å². The minimum absolute atomic E-state index is 0.0188. The second-order valence-corrected chi connectivity index (χ2v) is 6.23. The Bertz CT molecular complexity index is 909. The average molecular weight is 337 g/mol. The number of hydrogen-bond acceptors (Lipinski definition) is 5. The SMILES string of the molecule is Cc1cccc2nc3cccc(C(=O)NCCCC(N)CN)c3nc12. The van der Waals surface area contributed by atoms with E-state index in [9.17, 15) is 4.79 Å². The van der Waals surface area contributed by atoms with Gasteiger partial charge in [0.2, 0.25) is 0 Å². The fourth-order valence-electron chi connectivity index (χ4n) is 2.82. The Kier molecular flexibility index (Phi) is 5.21. The summed E-state index contributed by atoms with van der Waals surface area (Å²) in [5.41, 5.74) is 15.9. The number of aromatic nitrogens is 2. The fraction of sp³-hybridized carbons (Fsp3) is 0.316. The van der Waals surface area contributed by atoms with Crippen molar-refractivity contribution < 1.29 is 4.79 Å². The lowest BCUT2D eigenvalue weighted by Crippen LogP contribution is -2.31. The van der Waals surface area contributed by atoms with Gasteiger partial charge in [-0.2, -0.15) is 0 Å². The third kappa shape index (κ3) is 3.75. The van der Waals surface area contributed by atoms with Crippen molar-refractivity contribution in [3.8, 4) is 0 Å². The molecular weight excluding hydrogens is 314 g/mol. The molecule has 0 aliphatic heterocycles. The van der Waals surface area contributed by atoms with Crippen LogP contribution in [0.2, 0.25) is 0 Å². The van der Waals surface area contributed by atoms with Gasteiger partial charge in [0.15, 0.2) is 0 Å². The standard InChI is InChI=1S/C19H23N5O/c1-12-5-2-8-15-17(12)24-18-14(7-3-9-16(18)23-15)19(25)22-10-4-6-13(21)11-20/h2-3,5,7-9,13H,4,6,10-11,20-21H2,1H3,(H,22,25). The molecule has 1 atom stereocenters. The molecular formula is C19H23N5O. The van der Waals surface area contributed by atoms with Gasteiger partial charge in [-0.3, -0.25) is 4.79 Å². The minimum Gasteiger partial charge on any atom is -0.352 e. The Morgan fingerprint density at radius 1 is 1.12 bits per heavy atom. The normalized spacial score (nSPS) is 12.4. The number of rotatable bonds is 6. The first-order valence-corrected chi connectivity index (χ1v) is 8.50. The molecule has 130 valence electrons. The zero-order valence-electron chi connectivity index (χ0n) is 14.3. The first kappa shape index (κ1) is 17.3. The summed E-state index contributed by atoms with van der Waals surface area (Å²) in [6, 6.07) is 11.4. The lowest BCUT2D eigenvalue weighted by molar-refractivity contribution is 0.0954. The summed E-state index contributed by atoms with van der Waals surface area (Å²) in [5.74, 6) is -0.144. The van der Waals surface area contributed by atoms with E-state index in [1.807, 2.05) is 37.3 Å². The van der Waals surface area contributed by atoms with Gasteiger partial charge in [-0.1, -0.05) is 18.2 Å². The van der Waals surface area contributed by atoms with Gasteiger partial charge in [-0.05, 0) is 43.5 Å². The van der Waals surface area contributed by atoms with Gasteiger partial charge in [0, 0.05) is 19.1 Å². The maximum Gasteiger partial charge on any atom is 0.253 e. The minimum atomic E-state index is -0.144. The summed E-state index contributed by atoms with van der Waals surface area (Å²) in [6.45, 7) is 3.01. The number of para-hydroxylation sites is 2. The predicted molar refractivity (Wildman–Crippen MR) is 100 cm³/mol. The van der Waals surface area contributed by atoms with E-state index in [0.29, 0.717) is 24.2 Å². The monoisotopic (exact) mass is 337 g/mol. The average Bonchev–Trinajstić information content (AvgIpc) is 2.63. The van der Waals surface area contributed by atoms with Crippen LogP contribution in [0.25, 0.3) is 22.1 Å². The van der Waals surface area contributed by atoms with Gasteiger partial charge in [0.25, 0.3) is 5.91 Å². The maximum absolute atomic E-state index is 12.6. The number of nitrogens with two attached hydrogens (primary N) is 2. The van der Waals surface area contributed by atoms with Crippen LogP contribution in [-0.4, -0.2) is 35.0 Å². The van der Waals surface area contributed by atoms with Crippen molar-refractivity contribution in [2.75, 3.05) is 13.1 Å². The Hall–Kier alpha value is -2.57. The molecule has 1 unspecified atom stereocenters. The molecule has 0 aliphatic rings. The highest BCUT2D eigenvalue weighted by molar-refractivity contribution is 6.06. The topological polar surface area (TPSA) is 107 Å². The molecule has 6 heteroatoms. The van der Waals surface area contributed by atoms with E-state index in [2.05, 4.69) is 10.3 Å². The van der Waals surface area contributed by atoms with Crippen LogP contribution >= 0.6 is 0 Å². The summed E-state index contributed by atoms with van der Waals surface area (Å²) >= 11 is 0. The Morgan fingerprint density at radius 2 is 1.84 bits per heavy atom. The van der Waals surface area contributed by atoms with Crippen LogP contribution in [0.3, 0.4) is 0 Å². The van der Waals surface area contributed by atoms with Crippen LogP contribution in [0.15, 0.2) is 36.4 Å². The van der Waals surface area contributed by atoms with Crippen LogP contribution in [0, 0.1) is 6.92 Å². The van der Waals surface area contributed by atoms with Crippen molar-refractivity contribution in [3.63, 3.8) is 0 Å². The van der Waals surface area contributed by atoms with Gasteiger partial charge in [0.1, 0.15) is 5.52 Å². The molecule has 0 bridgehead atoms. The predicted octanol–water partition coefficient (Wildman–Crippen LogP) is 1.89. The van der Waals surface area contributed by atoms with Gasteiger partial charge in [-0.25, -0.2) is 9.97 Å². The molecule has 1 amide bonds. The first-order valence-electron chi connectivity index (χ1n) is 8.50. The molecule has 25 heavy (non-hydrogen) atoms. The Labute approximate surface area is 146 Å². The van der Waals surface area contributed by atoms with E-state index in [-0.39, 0.29) is 11.9 Å². The summed E-state index contributed by atoms with van der Waals surface area (Å²) < 4.78 is 0. The van der Waals surface area contributed by atoms with Gasteiger partial charge >= 0.3 is 0 Å². The number of amides is 1. The third-order valence-electron chi connectivity index (χ3n) is 4.28. The second-order valence-electron chi connectivity index (χ2n) is 6.23. The van der Waals surface area contributed by atoms with Crippen molar-refractivity contribution in [1.29, 1.82) is 0 Å². The molecule has 6 nitrogen and oxygen atoms in total. The summed E-state index contributed by atoms with van der Waals surface area (Å²) in [5, 5.41) is 2.93. The number of nitrogens with zero attached hydrogens (tertiary/aromatic N) is 2. The van der Waals surface area contributed by atoms with Crippen molar-refractivity contribution in [2.45, 2.75) is 25.8 Å². The van der Waals surface area contributed by atoms with Gasteiger partial charge in [-0.15, -0.1) is 0 Å². The number of aryl methyl sites for hydroxylation is 1. The van der Waals surface area contributed by atoms with Gasteiger partial charge < -0.3 is 16.8 Å². The fourth-order valence-corrected chi connectivity index (χ4v) is 2.82. The zero-order chi connectivity index (χ0) is 17.8. The first-order chi connectivity index (χ1) is 12.1. The van der Waals surface area contributed by atoms with Crippen molar-refractivity contribution in [2.24, 2.45) is 11.5 Å².